The molecule has 1 aromatic heterocycles. The highest BCUT2D eigenvalue weighted by Gasteiger charge is 2.34. The Kier molecular flexibility index (Phi) is 6.90. The number of carbonyl (C=O) groups is 1. The van der Waals surface area contributed by atoms with Crippen molar-refractivity contribution in [3.63, 3.8) is 0 Å². The number of halogens is 2. The Bertz CT molecular complexity index is 1230. The first-order valence-electron chi connectivity index (χ1n) is 12.0. The molecule has 1 saturated carbocycles. The van der Waals surface area contributed by atoms with Gasteiger partial charge in [-0.3, -0.25) is 4.79 Å². The Morgan fingerprint density at radius 3 is 2.71 bits per heavy atom. The first-order valence-corrected chi connectivity index (χ1v) is 12.4. The lowest BCUT2D eigenvalue weighted by Crippen LogP contribution is -2.41. The van der Waals surface area contributed by atoms with Gasteiger partial charge in [-0.25, -0.2) is 14.4 Å². The summed E-state index contributed by atoms with van der Waals surface area (Å²) in [5, 5.41) is 6.74. The molecule has 1 atom stereocenters. The summed E-state index contributed by atoms with van der Waals surface area (Å²) < 4.78 is 26.5. The van der Waals surface area contributed by atoms with Crippen LogP contribution < -0.4 is 20.1 Å². The Hall–Kier alpha value is -3.13. The van der Waals surface area contributed by atoms with E-state index in [1.165, 1.54) is 12.4 Å². The Balaban J connectivity index is 1.36. The number of hydrogen-bond acceptors (Lipinski definition) is 6. The molecule has 2 aliphatic rings. The SMILES string of the molecule is COc1cc2ncnc(Nc3cccc(Cl)c3F)c2cc1OC1CCC([C@H]2CCCNC2=O)CC1. The molecule has 1 aliphatic heterocycles. The Morgan fingerprint density at radius 2 is 1.94 bits per heavy atom. The minimum Gasteiger partial charge on any atom is -0.493 e. The second kappa shape index (κ2) is 10.2. The molecule has 2 N–H and O–H groups in total. The summed E-state index contributed by atoms with van der Waals surface area (Å²) in [5.41, 5.74) is 0.863. The van der Waals surface area contributed by atoms with Gasteiger partial charge in [-0.05, 0) is 62.6 Å². The molecular formula is C26H28ClFN4O3. The number of benzene rings is 2. The fourth-order valence-corrected chi connectivity index (χ4v) is 5.35. The van der Waals surface area contributed by atoms with Crippen LogP contribution in [0.4, 0.5) is 15.9 Å². The van der Waals surface area contributed by atoms with E-state index in [-0.39, 0.29) is 28.6 Å². The predicted octanol–water partition coefficient (Wildman–Crippen LogP) is 5.64. The molecule has 5 rings (SSSR count). The first kappa shape index (κ1) is 23.6. The molecule has 1 saturated heterocycles. The monoisotopic (exact) mass is 498 g/mol. The highest BCUT2D eigenvalue weighted by atomic mass is 35.5. The molecule has 0 spiro atoms. The van der Waals surface area contributed by atoms with Crippen LogP contribution in [0.3, 0.4) is 0 Å². The molecular weight excluding hydrogens is 471 g/mol. The summed E-state index contributed by atoms with van der Waals surface area (Å²) in [6.45, 7) is 0.792. The molecule has 2 heterocycles. The van der Waals surface area contributed by atoms with Crippen LogP contribution in [0.1, 0.15) is 38.5 Å². The number of hydrogen-bond donors (Lipinski definition) is 2. The van der Waals surface area contributed by atoms with E-state index in [0.29, 0.717) is 34.1 Å². The zero-order valence-corrected chi connectivity index (χ0v) is 20.3. The number of piperidine rings is 1. The van der Waals surface area contributed by atoms with Gasteiger partial charge in [-0.15, -0.1) is 0 Å². The summed E-state index contributed by atoms with van der Waals surface area (Å²) in [7, 11) is 1.59. The van der Waals surface area contributed by atoms with Crippen LogP contribution in [0, 0.1) is 17.7 Å². The molecule has 0 radical (unpaired) electrons. The predicted molar refractivity (Wildman–Crippen MR) is 133 cm³/mol. The third kappa shape index (κ3) is 4.98. The average molecular weight is 499 g/mol. The first-order chi connectivity index (χ1) is 17.0. The molecule has 1 amide bonds. The molecule has 35 heavy (non-hydrogen) atoms. The number of nitrogens with zero attached hydrogens (tertiary/aromatic N) is 2. The minimum atomic E-state index is -0.547. The van der Waals surface area contributed by atoms with Gasteiger partial charge in [0.2, 0.25) is 5.91 Å². The lowest BCUT2D eigenvalue weighted by Gasteiger charge is -2.35. The van der Waals surface area contributed by atoms with Crippen LogP contribution >= 0.6 is 11.6 Å². The summed E-state index contributed by atoms with van der Waals surface area (Å²) in [6, 6.07) is 8.39. The minimum absolute atomic E-state index is 0.0238. The number of rotatable bonds is 6. The zero-order valence-electron chi connectivity index (χ0n) is 19.5. The van der Waals surface area contributed by atoms with Gasteiger partial charge in [0.05, 0.1) is 29.4 Å². The highest BCUT2D eigenvalue weighted by Crippen LogP contribution is 2.39. The normalized spacial score (nSPS) is 22.5. The second-order valence-electron chi connectivity index (χ2n) is 9.16. The van der Waals surface area contributed by atoms with Crippen LogP contribution in [0.15, 0.2) is 36.7 Å². The lowest BCUT2D eigenvalue weighted by atomic mass is 9.76. The standard InChI is InChI=1S/C26H28ClFN4O3/c1-34-22-13-21-18(25(31-14-30-21)32-20-6-2-5-19(27)24(20)28)12-23(22)35-16-9-7-15(8-10-16)17-4-3-11-29-26(17)33/h2,5-6,12-17H,3-4,7-11H2,1H3,(H,29,33)(H,30,31,32)/t15?,16?,17-/m1/s1. The van der Waals surface area contributed by atoms with E-state index in [1.54, 1.807) is 25.3 Å². The highest BCUT2D eigenvalue weighted by molar-refractivity contribution is 6.31. The van der Waals surface area contributed by atoms with E-state index in [1.807, 2.05) is 6.07 Å². The van der Waals surface area contributed by atoms with Crippen LogP contribution in [0.25, 0.3) is 10.9 Å². The number of nitrogens with one attached hydrogen (secondary N) is 2. The topological polar surface area (TPSA) is 85.4 Å². The molecule has 2 fully saturated rings. The Labute approximate surface area is 208 Å². The second-order valence-corrected chi connectivity index (χ2v) is 9.57. The van der Waals surface area contributed by atoms with Crippen molar-refractivity contribution in [2.24, 2.45) is 11.8 Å². The number of carbonyl (C=O) groups excluding carboxylic acids is 1. The van der Waals surface area contributed by atoms with Gasteiger partial charge in [0, 0.05) is 23.9 Å². The van der Waals surface area contributed by atoms with Gasteiger partial charge in [-0.2, -0.15) is 0 Å². The molecule has 3 aromatic rings. The van der Waals surface area contributed by atoms with E-state index in [9.17, 15) is 9.18 Å². The lowest BCUT2D eigenvalue weighted by molar-refractivity contribution is -0.129. The Morgan fingerprint density at radius 1 is 1.11 bits per heavy atom. The van der Waals surface area contributed by atoms with Gasteiger partial charge >= 0.3 is 0 Å². The summed E-state index contributed by atoms with van der Waals surface area (Å²) >= 11 is 5.93. The maximum Gasteiger partial charge on any atom is 0.223 e. The van der Waals surface area contributed by atoms with Crippen molar-refractivity contribution in [1.29, 1.82) is 0 Å². The van der Waals surface area contributed by atoms with Gasteiger partial charge < -0.3 is 20.1 Å². The maximum absolute atomic E-state index is 14.5. The largest absolute Gasteiger partial charge is 0.493 e. The van der Waals surface area contributed by atoms with Crippen molar-refractivity contribution in [3.05, 3.63) is 47.5 Å². The van der Waals surface area contributed by atoms with Gasteiger partial charge in [0.15, 0.2) is 17.3 Å². The molecule has 0 bridgehead atoms. The average Bonchev–Trinajstić information content (AvgIpc) is 2.87. The number of aromatic nitrogens is 2. The van der Waals surface area contributed by atoms with Gasteiger partial charge in [0.1, 0.15) is 12.1 Å². The van der Waals surface area contributed by atoms with Crippen molar-refractivity contribution in [2.75, 3.05) is 19.0 Å². The van der Waals surface area contributed by atoms with Crippen LogP contribution in [-0.2, 0) is 4.79 Å². The summed E-state index contributed by atoms with van der Waals surface area (Å²) in [5.74, 6) is 1.79. The van der Waals surface area contributed by atoms with Crippen molar-refractivity contribution >= 4 is 39.9 Å². The van der Waals surface area contributed by atoms with E-state index < -0.39 is 5.82 Å². The number of methoxy groups -OCH3 is 1. The molecule has 7 nitrogen and oxygen atoms in total. The summed E-state index contributed by atoms with van der Waals surface area (Å²) in [4.78, 5) is 20.9. The van der Waals surface area contributed by atoms with Gasteiger partial charge in [0.25, 0.3) is 0 Å². The van der Waals surface area contributed by atoms with E-state index >= 15 is 0 Å². The van der Waals surface area contributed by atoms with Crippen molar-refractivity contribution in [3.8, 4) is 11.5 Å². The number of amides is 1. The quantitative estimate of drug-likeness (QED) is 0.457. The van der Waals surface area contributed by atoms with Crippen molar-refractivity contribution in [1.82, 2.24) is 15.3 Å². The van der Waals surface area contributed by atoms with Crippen LogP contribution in [-0.4, -0.2) is 35.6 Å². The fraction of sp³-hybridized carbons (Fsp3) is 0.423. The zero-order chi connectivity index (χ0) is 24.4. The number of fused-ring (bicyclic) bond motifs is 1. The molecule has 1 aliphatic carbocycles. The molecule has 9 heteroatoms. The number of anilines is 2. The van der Waals surface area contributed by atoms with E-state index in [4.69, 9.17) is 21.1 Å². The molecule has 184 valence electrons. The molecule has 2 aromatic carbocycles. The van der Waals surface area contributed by atoms with Gasteiger partial charge in [-0.1, -0.05) is 17.7 Å². The fourth-order valence-electron chi connectivity index (χ4n) is 5.18. The third-order valence-electron chi connectivity index (χ3n) is 7.03. The maximum atomic E-state index is 14.5. The smallest absolute Gasteiger partial charge is 0.223 e. The number of ether oxygens (including phenoxy) is 2. The van der Waals surface area contributed by atoms with Crippen molar-refractivity contribution in [2.45, 2.75) is 44.6 Å². The van der Waals surface area contributed by atoms with E-state index in [0.717, 1.165) is 45.1 Å². The third-order valence-corrected chi connectivity index (χ3v) is 7.33. The summed E-state index contributed by atoms with van der Waals surface area (Å²) in [6.07, 6.45) is 7.14. The van der Waals surface area contributed by atoms with Crippen LogP contribution in [0.5, 0.6) is 11.5 Å². The van der Waals surface area contributed by atoms with Crippen molar-refractivity contribution < 1.29 is 18.7 Å². The van der Waals surface area contributed by atoms with Crippen LogP contribution in [0.2, 0.25) is 5.02 Å². The molecule has 0 unspecified atom stereocenters. The van der Waals surface area contributed by atoms with E-state index in [2.05, 4.69) is 20.6 Å².